The monoisotopic (exact) mass is 371 g/mol. The number of rotatable bonds is 6. The zero-order valence-corrected chi connectivity index (χ0v) is 14.8. The molecule has 0 unspecified atom stereocenters. The predicted molar refractivity (Wildman–Crippen MR) is 95.6 cm³/mol. The highest BCUT2D eigenvalue weighted by Crippen LogP contribution is 2.13. The lowest BCUT2D eigenvalue weighted by atomic mass is 10.4. The van der Waals surface area contributed by atoms with Crippen LogP contribution in [0.4, 0.5) is 5.82 Å². The van der Waals surface area contributed by atoms with Crippen molar-refractivity contribution >= 4 is 21.6 Å². The van der Waals surface area contributed by atoms with Crippen LogP contribution in [-0.2, 0) is 14.6 Å². The number of hydrogen-bond acceptors (Lipinski definition) is 6. The second kappa shape index (κ2) is 7.44. The fraction of sp³-hybridized carbons (Fsp3) is 0.176. The fourth-order valence-corrected chi connectivity index (χ4v) is 3.61. The summed E-state index contributed by atoms with van der Waals surface area (Å²) in [5, 5.41) is 2.60. The number of aromatic nitrogens is 4. The number of sulfone groups is 1. The number of benzene rings is 1. The van der Waals surface area contributed by atoms with Gasteiger partial charge in [-0.25, -0.2) is 23.4 Å². The van der Waals surface area contributed by atoms with Crippen LogP contribution in [0.3, 0.4) is 0 Å². The Kier molecular flexibility index (Phi) is 5.08. The molecule has 0 saturated carbocycles. The molecule has 3 aromatic rings. The van der Waals surface area contributed by atoms with Gasteiger partial charge in [0.1, 0.15) is 23.8 Å². The molecule has 0 aliphatic rings. The highest BCUT2D eigenvalue weighted by atomic mass is 32.2. The largest absolute Gasteiger partial charge is 0.311 e. The number of imidazole rings is 1. The van der Waals surface area contributed by atoms with Crippen LogP contribution in [0.5, 0.6) is 0 Å². The number of carbonyl (C=O) groups excluding carboxylic acids is 1. The summed E-state index contributed by atoms with van der Waals surface area (Å²) in [4.78, 5) is 24.6. The van der Waals surface area contributed by atoms with Gasteiger partial charge in [0.2, 0.25) is 5.91 Å². The number of carbonyl (C=O) groups is 1. The summed E-state index contributed by atoms with van der Waals surface area (Å²) in [5.74, 6) is 0.889. The summed E-state index contributed by atoms with van der Waals surface area (Å²) in [6.45, 7) is 1.83. The summed E-state index contributed by atoms with van der Waals surface area (Å²) in [5.41, 5.74) is 0. The van der Waals surface area contributed by atoms with E-state index < -0.39 is 15.7 Å². The van der Waals surface area contributed by atoms with Gasteiger partial charge in [0.05, 0.1) is 10.6 Å². The topological polar surface area (TPSA) is 107 Å². The second-order valence-corrected chi connectivity index (χ2v) is 7.65. The van der Waals surface area contributed by atoms with Crippen molar-refractivity contribution in [2.24, 2.45) is 0 Å². The van der Waals surface area contributed by atoms with E-state index >= 15 is 0 Å². The Morgan fingerprint density at radius 1 is 1.15 bits per heavy atom. The second-order valence-electron chi connectivity index (χ2n) is 5.54. The minimum Gasteiger partial charge on any atom is -0.311 e. The van der Waals surface area contributed by atoms with Gasteiger partial charge in [-0.2, -0.15) is 0 Å². The molecule has 0 bridgehead atoms. The maximum absolute atomic E-state index is 12.2. The van der Waals surface area contributed by atoms with Crippen LogP contribution in [-0.4, -0.2) is 39.6 Å². The molecule has 2 aromatic heterocycles. The SMILES string of the molecule is Cc1nccn1-c1cc(NC(=O)CCS(=O)(=O)c2ccccc2)ncn1. The fourth-order valence-electron chi connectivity index (χ4n) is 2.35. The van der Waals surface area contributed by atoms with Crippen molar-refractivity contribution in [3.05, 3.63) is 60.9 Å². The zero-order chi connectivity index (χ0) is 18.6. The molecule has 0 radical (unpaired) electrons. The maximum atomic E-state index is 12.2. The molecule has 1 amide bonds. The van der Waals surface area contributed by atoms with E-state index in [0.29, 0.717) is 11.6 Å². The summed E-state index contributed by atoms with van der Waals surface area (Å²) >= 11 is 0. The van der Waals surface area contributed by atoms with Gasteiger partial charge in [0.25, 0.3) is 0 Å². The van der Waals surface area contributed by atoms with Crippen LogP contribution in [0.15, 0.2) is 60.0 Å². The Labute approximate surface area is 150 Å². The van der Waals surface area contributed by atoms with Gasteiger partial charge in [-0.1, -0.05) is 18.2 Å². The molecular weight excluding hydrogens is 354 g/mol. The molecule has 26 heavy (non-hydrogen) atoms. The predicted octanol–water partition coefficient (Wildman–Crippen LogP) is 1.77. The van der Waals surface area contributed by atoms with E-state index in [2.05, 4.69) is 20.3 Å². The third-order valence-electron chi connectivity index (χ3n) is 3.69. The van der Waals surface area contributed by atoms with Crippen molar-refractivity contribution < 1.29 is 13.2 Å². The smallest absolute Gasteiger partial charge is 0.226 e. The van der Waals surface area contributed by atoms with Gasteiger partial charge >= 0.3 is 0 Å². The van der Waals surface area contributed by atoms with Crippen molar-refractivity contribution in [1.29, 1.82) is 0 Å². The molecule has 1 N–H and O–H groups in total. The molecular formula is C17H17N5O3S. The first-order valence-corrected chi connectivity index (χ1v) is 9.51. The molecule has 0 spiro atoms. The van der Waals surface area contributed by atoms with Crippen molar-refractivity contribution in [1.82, 2.24) is 19.5 Å². The lowest BCUT2D eigenvalue weighted by molar-refractivity contribution is -0.115. The number of hydrogen-bond donors (Lipinski definition) is 1. The van der Waals surface area contributed by atoms with Crippen LogP contribution in [0.25, 0.3) is 5.82 Å². The van der Waals surface area contributed by atoms with E-state index in [0.717, 1.165) is 5.82 Å². The molecule has 9 heteroatoms. The van der Waals surface area contributed by atoms with E-state index in [4.69, 9.17) is 0 Å². The van der Waals surface area contributed by atoms with Gasteiger partial charge < -0.3 is 5.32 Å². The lowest BCUT2D eigenvalue weighted by Crippen LogP contribution is -2.18. The molecule has 0 aliphatic carbocycles. The Morgan fingerprint density at radius 2 is 1.92 bits per heavy atom. The average Bonchev–Trinajstić information content (AvgIpc) is 3.07. The molecule has 3 rings (SSSR count). The molecule has 1 aromatic carbocycles. The molecule has 0 fully saturated rings. The van der Waals surface area contributed by atoms with E-state index in [1.165, 1.54) is 18.5 Å². The van der Waals surface area contributed by atoms with E-state index in [1.807, 2.05) is 6.92 Å². The first-order valence-electron chi connectivity index (χ1n) is 7.86. The van der Waals surface area contributed by atoms with Crippen LogP contribution < -0.4 is 5.32 Å². The molecule has 0 aliphatic heterocycles. The summed E-state index contributed by atoms with van der Waals surface area (Å²) < 4.78 is 26.2. The number of amides is 1. The zero-order valence-electron chi connectivity index (χ0n) is 14.0. The highest BCUT2D eigenvalue weighted by Gasteiger charge is 2.16. The van der Waals surface area contributed by atoms with Gasteiger partial charge in [-0.15, -0.1) is 0 Å². The van der Waals surface area contributed by atoms with Crippen molar-refractivity contribution in [2.45, 2.75) is 18.2 Å². The summed E-state index contributed by atoms with van der Waals surface area (Å²) in [6.07, 6.45) is 4.55. The number of nitrogens with zero attached hydrogens (tertiary/aromatic N) is 4. The highest BCUT2D eigenvalue weighted by molar-refractivity contribution is 7.91. The molecule has 8 nitrogen and oxygen atoms in total. The normalized spacial score (nSPS) is 11.3. The van der Waals surface area contributed by atoms with Crippen LogP contribution in [0.2, 0.25) is 0 Å². The van der Waals surface area contributed by atoms with E-state index in [9.17, 15) is 13.2 Å². The molecule has 0 atom stereocenters. The van der Waals surface area contributed by atoms with Crippen molar-refractivity contribution in [3.8, 4) is 5.82 Å². The lowest BCUT2D eigenvalue weighted by Gasteiger charge is -2.08. The quantitative estimate of drug-likeness (QED) is 0.708. The Morgan fingerprint density at radius 3 is 2.62 bits per heavy atom. The minimum atomic E-state index is -3.50. The first-order chi connectivity index (χ1) is 12.5. The number of aryl methyl sites for hydroxylation is 1. The number of nitrogens with one attached hydrogen (secondary N) is 1. The van der Waals surface area contributed by atoms with E-state index in [-0.39, 0.29) is 17.1 Å². The van der Waals surface area contributed by atoms with Crippen LogP contribution in [0.1, 0.15) is 12.2 Å². The van der Waals surface area contributed by atoms with Crippen LogP contribution >= 0.6 is 0 Å². The van der Waals surface area contributed by atoms with Crippen molar-refractivity contribution in [3.63, 3.8) is 0 Å². The van der Waals surface area contributed by atoms with Crippen LogP contribution in [0, 0.1) is 6.92 Å². The van der Waals surface area contributed by atoms with E-state index in [1.54, 1.807) is 41.2 Å². The minimum absolute atomic E-state index is 0.166. The third kappa shape index (κ3) is 4.12. The molecule has 0 saturated heterocycles. The average molecular weight is 371 g/mol. The molecule has 2 heterocycles. The van der Waals surface area contributed by atoms with Gasteiger partial charge in [0, 0.05) is 24.9 Å². The van der Waals surface area contributed by atoms with Gasteiger partial charge in [-0.3, -0.25) is 9.36 Å². The van der Waals surface area contributed by atoms with Gasteiger partial charge in [-0.05, 0) is 19.1 Å². The van der Waals surface area contributed by atoms with Crippen molar-refractivity contribution in [2.75, 3.05) is 11.1 Å². The number of anilines is 1. The first kappa shape index (κ1) is 17.7. The third-order valence-corrected chi connectivity index (χ3v) is 5.42. The summed E-state index contributed by atoms with van der Waals surface area (Å²) in [7, 11) is -3.50. The summed E-state index contributed by atoms with van der Waals surface area (Å²) in [6, 6.07) is 9.65. The Hall–Kier alpha value is -3.07. The van der Waals surface area contributed by atoms with Gasteiger partial charge in [0.15, 0.2) is 9.84 Å². The maximum Gasteiger partial charge on any atom is 0.226 e. The Balaban J connectivity index is 1.65. The molecule has 134 valence electrons. The standard InChI is InChI=1S/C17H17N5O3S/c1-13-18-8-9-22(13)16-11-15(19-12-20-16)21-17(23)7-10-26(24,25)14-5-3-2-4-6-14/h2-6,8-9,11-12H,7,10H2,1H3,(H,19,20,21,23). The Bertz CT molecular complexity index is 1020.